The number of hydrogen-bond donors (Lipinski definition) is 1. The van der Waals surface area contributed by atoms with E-state index in [4.69, 9.17) is 0 Å². The van der Waals surface area contributed by atoms with Gasteiger partial charge in [0.05, 0.1) is 6.10 Å². The van der Waals surface area contributed by atoms with E-state index >= 15 is 0 Å². The van der Waals surface area contributed by atoms with E-state index in [9.17, 15) is 9.50 Å². The molecule has 0 spiro atoms. The SMILES string of the molecule is Cc1ccc(F)cc1CC(O)C1C2C3CCC(C3)C12. The lowest BCUT2D eigenvalue weighted by Crippen LogP contribution is -2.19. The molecule has 1 nitrogen and oxygen atoms in total. The number of halogens is 1. The molecule has 102 valence electrons. The summed E-state index contributed by atoms with van der Waals surface area (Å²) in [5.41, 5.74) is 2.07. The molecule has 0 saturated heterocycles. The number of benzene rings is 1. The topological polar surface area (TPSA) is 20.2 Å². The van der Waals surface area contributed by atoms with Gasteiger partial charge in [-0.3, -0.25) is 0 Å². The molecule has 4 rings (SSSR count). The minimum absolute atomic E-state index is 0.191. The van der Waals surface area contributed by atoms with E-state index in [0.29, 0.717) is 12.3 Å². The fourth-order valence-corrected chi connectivity index (χ4v) is 5.13. The van der Waals surface area contributed by atoms with Crippen molar-refractivity contribution in [1.82, 2.24) is 0 Å². The van der Waals surface area contributed by atoms with Crippen molar-refractivity contribution in [3.05, 3.63) is 35.1 Å². The Hall–Kier alpha value is -0.890. The number of aryl methyl sites for hydroxylation is 1. The van der Waals surface area contributed by atoms with Gasteiger partial charge >= 0.3 is 0 Å². The van der Waals surface area contributed by atoms with Crippen LogP contribution in [0.5, 0.6) is 0 Å². The lowest BCUT2D eigenvalue weighted by Gasteiger charge is -2.16. The fraction of sp³-hybridized carbons (Fsp3) is 0.647. The first-order valence-electron chi connectivity index (χ1n) is 7.58. The highest BCUT2D eigenvalue weighted by Gasteiger charge is 2.66. The number of aliphatic hydroxyl groups is 1. The molecular weight excluding hydrogens is 239 g/mol. The lowest BCUT2D eigenvalue weighted by molar-refractivity contribution is 0.128. The van der Waals surface area contributed by atoms with Gasteiger partial charge in [-0.2, -0.15) is 0 Å². The summed E-state index contributed by atoms with van der Waals surface area (Å²) in [4.78, 5) is 0. The van der Waals surface area contributed by atoms with Crippen LogP contribution in [0.2, 0.25) is 0 Å². The first kappa shape index (κ1) is 11.9. The highest BCUT2D eigenvalue weighted by Crippen LogP contribution is 2.70. The molecule has 2 heteroatoms. The Labute approximate surface area is 113 Å². The van der Waals surface area contributed by atoms with Crippen LogP contribution in [-0.2, 0) is 6.42 Å². The number of fused-ring (bicyclic) bond motifs is 5. The molecule has 0 radical (unpaired) electrons. The summed E-state index contributed by atoms with van der Waals surface area (Å²) >= 11 is 0. The molecule has 1 aromatic rings. The van der Waals surface area contributed by atoms with E-state index < -0.39 is 0 Å². The van der Waals surface area contributed by atoms with Crippen molar-refractivity contribution in [3.63, 3.8) is 0 Å². The number of rotatable bonds is 3. The van der Waals surface area contributed by atoms with Crippen LogP contribution in [-0.4, -0.2) is 11.2 Å². The van der Waals surface area contributed by atoms with Crippen LogP contribution < -0.4 is 0 Å². The summed E-state index contributed by atoms with van der Waals surface area (Å²) in [5, 5.41) is 10.5. The van der Waals surface area contributed by atoms with Gasteiger partial charge in [-0.05, 0) is 85.5 Å². The minimum atomic E-state index is -0.265. The smallest absolute Gasteiger partial charge is 0.123 e. The average molecular weight is 260 g/mol. The summed E-state index contributed by atoms with van der Waals surface area (Å²) in [7, 11) is 0. The molecule has 2 bridgehead atoms. The van der Waals surface area contributed by atoms with E-state index in [1.165, 1.54) is 25.3 Å². The second kappa shape index (κ2) is 4.05. The van der Waals surface area contributed by atoms with Crippen LogP contribution >= 0.6 is 0 Å². The molecular formula is C17H21FO. The van der Waals surface area contributed by atoms with Gasteiger partial charge in [-0.1, -0.05) is 6.07 Å². The molecule has 5 atom stereocenters. The van der Waals surface area contributed by atoms with Crippen molar-refractivity contribution >= 4 is 0 Å². The van der Waals surface area contributed by atoms with Crippen LogP contribution in [0, 0.1) is 42.3 Å². The van der Waals surface area contributed by atoms with Crippen LogP contribution in [0.15, 0.2) is 18.2 Å². The fourth-order valence-electron chi connectivity index (χ4n) is 5.13. The standard InChI is InChI=1S/C17H21FO/c1-9-2-5-13(18)7-12(9)8-14(19)17-15-10-3-4-11(6-10)16(15)17/h2,5,7,10-11,14-17,19H,3-4,6,8H2,1H3. The maximum atomic E-state index is 13.3. The average Bonchev–Trinajstić information content (AvgIpc) is 2.83. The summed E-state index contributed by atoms with van der Waals surface area (Å²) in [6.45, 7) is 2.00. The highest BCUT2D eigenvalue weighted by atomic mass is 19.1. The minimum Gasteiger partial charge on any atom is -0.392 e. The third kappa shape index (κ3) is 1.76. The molecule has 0 amide bonds. The molecule has 0 aromatic heterocycles. The van der Waals surface area contributed by atoms with E-state index in [0.717, 1.165) is 34.8 Å². The van der Waals surface area contributed by atoms with E-state index in [-0.39, 0.29) is 11.9 Å². The molecule has 3 fully saturated rings. The zero-order valence-electron chi connectivity index (χ0n) is 11.3. The van der Waals surface area contributed by atoms with Crippen molar-refractivity contribution in [1.29, 1.82) is 0 Å². The predicted octanol–water partition coefficient (Wildman–Crippen LogP) is 3.33. The normalized spacial score (nSPS) is 40.3. The summed E-state index contributed by atoms with van der Waals surface area (Å²) in [6.07, 6.45) is 4.54. The van der Waals surface area contributed by atoms with E-state index in [1.807, 2.05) is 13.0 Å². The Morgan fingerprint density at radius 1 is 1.26 bits per heavy atom. The zero-order valence-corrected chi connectivity index (χ0v) is 11.3. The maximum absolute atomic E-state index is 13.3. The van der Waals surface area contributed by atoms with Gasteiger partial charge in [0.2, 0.25) is 0 Å². The Morgan fingerprint density at radius 2 is 1.95 bits per heavy atom. The Balaban J connectivity index is 1.48. The summed E-state index contributed by atoms with van der Waals surface area (Å²) in [5.74, 6) is 3.69. The van der Waals surface area contributed by atoms with Crippen LogP contribution in [0.3, 0.4) is 0 Å². The molecule has 5 unspecified atom stereocenters. The van der Waals surface area contributed by atoms with Crippen molar-refractivity contribution in [2.45, 2.75) is 38.7 Å². The monoisotopic (exact) mass is 260 g/mol. The first-order valence-corrected chi connectivity index (χ1v) is 7.58. The molecule has 1 N–H and O–H groups in total. The molecule has 0 aliphatic heterocycles. The number of hydrogen-bond acceptors (Lipinski definition) is 1. The molecule has 0 heterocycles. The van der Waals surface area contributed by atoms with E-state index in [2.05, 4.69) is 0 Å². The van der Waals surface area contributed by atoms with Crippen molar-refractivity contribution < 1.29 is 9.50 Å². The molecule has 19 heavy (non-hydrogen) atoms. The third-order valence-electron chi connectivity index (χ3n) is 5.98. The predicted molar refractivity (Wildman–Crippen MR) is 72.1 cm³/mol. The second-order valence-electron chi connectivity index (χ2n) is 6.91. The van der Waals surface area contributed by atoms with Crippen molar-refractivity contribution in [2.75, 3.05) is 0 Å². The first-order chi connectivity index (χ1) is 9.15. The molecule has 3 saturated carbocycles. The largest absolute Gasteiger partial charge is 0.392 e. The molecule has 3 aliphatic rings. The van der Waals surface area contributed by atoms with Gasteiger partial charge in [0.1, 0.15) is 5.82 Å². The van der Waals surface area contributed by atoms with Gasteiger partial charge in [0.25, 0.3) is 0 Å². The summed E-state index contributed by atoms with van der Waals surface area (Å²) < 4.78 is 13.3. The van der Waals surface area contributed by atoms with Crippen molar-refractivity contribution in [3.8, 4) is 0 Å². The van der Waals surface area contributed by atoms with Crippen LogP contribution in [0.4, 0.5) is 4.39 Å². The summed E-state index contributed by atoms with van der Waals surface area (Å²) in [6, 6.07) is 4.90. The Bertz CT molecular complexity index is 496. The highest BCUT2D eigenvalue weighted by molar-refractivity contribution is 5.28. The third-order valence-corrected chi connectivity index (χ3v) is 5.98. The molecule has 1 aromatic carbocycles. The zero-order chi connectivity index (χ0) is 13.1. The Morgan fingerprint density at radius 3 is 2.63 bits per heavy atom. The molecule has 3 aliphatic carbocycles. The van der Waals surface area contributed by atoms with Gasteiger partial charge < -0.3 is 5.11 Å². The Kier molecular flexibility index (Phi) is 2.54. The lowest BCUT2D eigenvalue weighted by atomic mass is 9.94. The number of aliphatic hydroxyl groups excluding tert-OH is 1. The van der Waals surface area contributed by atoms with Crippen LogP contribution in [0.25, 0.3) is 0 Å². The van der Waals surface area contributed by atoms with Crippen LogP contribution in [0.1, 0.15) is 30.4 Å². The van der Waals surface area contributed by atoms with Gasteiger partial charge in [0, 0.05) is 0 Å². The van der Waals surface area contributed by atoms with Gasteiger partial charge in [-0.15, -0.1) is 0 Å². The quantitative estimate of drug-likeness (QED) is 0.884. The van der Waals surface area contributed by atoms with Gasteiger partial charge in [0.15, 0.2) is 0 Å². The second-order valence-corrected chi connectivity index (χ2v) is 6.91. The van der Waals surface area contributed by atoms with Gasteiger partial charge in [-0.25, -0.2) is 4.39 Å². The van der Waals surface area contributed by atoms with Crippen molar-refractivity contribution in [2.24, 2.45) is 29.6 Å². The maximum Gasteiger partial charge on any atom is 0.123 e. The van der Waals surface area contributed by atoms with E-state index in [1.54, 1.807) is 6.07 Å².